The summed E-state index contributed by atoms with van der Waals surface area (Å²) in [4.78, 5) is 14.5. The lowest BCUT2D eigenvalue weighted by molar-refractivity contribution is 0.0764. The van der Waals surface area contributed by atoms with Crippen LogP contribution in [-0.2, 0) is 10.0 Å². The van der Waals surface area contributed by atoms with Crippen LogP contribution in [-0.4, -0.2) is 54.9 Å². The molecule has 0 unspecified atom stereocenters. The molecule has 0 radical (unpaired) electrons. The Morgan fingerprint density at radius 1 is 1.11 bits per heavy atom. The van der Waals surface area contributed by atoms with E-state index in [2.05, 4.69) is 5.16 Å². The first-order valence-electron chi connectivity index (χ1n) is 8.39. The lowest BCUT2D eigenvalue weighted by atomic mass is 10.2. The summed E-state index contributed by atoms with van der Waals surface area (Å²) in [5.74, 6) is 0.0608. The minimum atomic E-state index is -3.73. The number of sulfonamides is 1. The van der Waals surface area contributed by atoms with Gasteiger partial charge >= 0.3 is 0 Å². The number of hydrogen-bond donors (Lipinski definition) is 0. The van der Waals surface area contributed by atoms with Crippen molar-refractivity contribution in [2.75, 3.05) is 26.2 Å². The number of carbonyl (C=O) groups is 1. The number of carbonyl (C=O) groups excluding carboxylic acids is 1. The van der Waals surface area contributed by atoms with Crippen molar-refractivity contribution in [1.82, 2.24) is 14.4 Å². The monoisotopic (exact) mass is 431 g/mol. The molecular weight excluding hydrogens is 413 g/mol. The van der Waals surface area contributed by atoms with Crippen LogP contribution in [0, 0.1) is 13.8 Å². The maximum absolute atomic E-state index is 13.0. The molecule has 0 aliphatic carbocycles. The summed E-state index contributed by atoms with van der Waals surface area (Å²) in [7, 11) is -3.73. The molecule has 1 saturated heterocycles. The van der Waals surface area contributed by atoms with Crippen molar-refractivity contribution in [1.29, 1.82) is 0 Å². The zero-order chi connectivity index (χ0) is 19.8. The van der Waals surface area contributed by atoms with Crippen LogP contribution in [0.25, 0.3) is 0 Å². The van der Waals surface area contributed by atoms with Gasteiger partial charge in [0.05, 0.1) is 10.0 Å². The van der Waals surface area contributed by atoms with Crippen molar-refractivity contribution in [3.8, 4) is 0 Å². The van der Waals surface area contributed by atoms with E-state index in [0.717, 1.165) is 0 Å². The summed E-state index contributed by atoms with van der Waals surface area (Å²) in [6.07, 6.45) is 0.523. The summed E-state index contributed by atoms with van der Waals surface area (Å²) in [5.41, 5.74) is 0.756. The maximum Gasteiger partial charge on any atom is 0.253 e. The minimum Gasteiger partial charge on any atom is -0.360 e. The largest absolute Gasteiger partial charge is 0.360 e. The van der Waals surface area contributed by atoms with Crippen molar-refractivity contribution in [2.24, 2.45) is 0 Å². The third-order valence-electron chi connectivity index (χ3n) is 4.47. The van der Waals surface area contributed by atoms with E-state index in [1.165, 1.54) is 10.4 Å². The summed E-state index contributed by atoms with van der Waals surface area (Å²) >= 11 is 11.9. The highest BCUT2D eigenvalue weighted by Gasteiger charge is 2.33. The molecule has 0 bridgehead atoms. The topological polar surface area (TPSA) is 83.7 Å². The molecule has 1 aromatic carbocycles. The van der Waals surface area contributed by atoms with E-state index in [1.807, 2.05) is 0 Å². The Kier molecular flexibility index (Phi) is 5.81. The normalized spacial score (nSPS) is 16.4. The first-order chi connectivity index (χ1) is 12.7. The van der Waals surface area contributed by atoms with Gasteiger partial charge in [0.25, 0.3) is 5.91 Å². The fourth-order valence-electron chi connectivity index (χ4n) is 3.12. The number of rotatable bonds is 3. The zero-order valence-electron chi connectivity index (χ0n) is 14.9. The van der Waals surface area contributed by atoms with Gasteiger partial charge in [-0.1, -0.05) is 28.4 Å². The van der Waals surface area contributed by atoms with Crippen molar-refractivity contribution < 1.29 is 17.7 Å². The Hall–Kier alpha value is -1.61. The molecule has 1 aliphatic rings. The predicted octanol–water partition coefficient (Wildman–Crippen LogP) is 3.14. The molecule has 7 nitrogen and oxygen atoms in total. The molecule has 27 heavy (non-hydrogen) atoms. The summed E-state index contributed by atoms with van der Waals surface area (Å²) in [5, 5.41) is 4.41. The summed E-state index contributed by atoms with van der Waals surface area (Å²) in [6.45, 7) is 4.41. The van der Waals surface area contributed by atoms with Gasteiger partial charge in [-0.3, -0.25) is 4.79 Å². The second kappa shape index (κ2) is 7.79. The van der Waals surface area contributed by atoms with Crippen LogP contribution >= 0.6 is 23.2 Å². The van der Waals surface area contributed by atoms with Crippen LogP contribution in [0.3, 0.4) is 0 Å². The van der Waals surface area contributed by atoms with Crippen molar-refractivity contribution in [2.45, 2.75) is 25.2 Å². The van der Waals surface area contributed by atoms with Crippen LogP contribution in [0.4, 0.5) is 0 Å². The van der Waals surface area contributed by atoms with Gasteiger partial charge in [0.2, 0.25) is 10.0 Å². The Balaban J connectivity index is 1.77. The highest BCUT2D eigenvalue weighted by atomic mass is 35.5. The highest BCUT2D eigenvalue weighted by molar-refractivity contribution is 7.89. The lowest BCUT2D eigenvalue weighted by Gasteiger charge is -2.22. The molecule has 3 rings (SSSR count). The van der Waals surface area contributed by atoms with E-state index in [1.54, 1.807) is 30.9 Å². The molecule has 0 spiro atoms. The third kappa shape index (κ3) is 3.99. The van der Waals surface area contributed by atoms with Crippen LogP contribution < -0.4 is 0 Å². The highest BCUT2D eigenvalue weighted by Crippen LogP contribution is 2.26. The molecule has 1 aliphatic heterocycles. The number of halogens is 2. The SMILES string of the molecule is Cc1noc(C)c1S(=O)(=O)N1CCCN(C(=O)c2ccc(Cl)c(Cl)c2)CC1. The van der Waals surface area contributed by atoms with Gasteiger partial charge in [-0.25, -0.2) is 8.42 Å². The third-order valence-corrected chi connectivity index (χ3v) is 7.36. The molecule has 0 atom stereocenters. The van der Waals surface area contributed by atoms with E-state index in [-0.39, 0.29) is 29.7 Å². The number of aromatic nitrogens is 1. The van der Waals surface area contributed by atoms with Gasteiger partial charge in [-0.15, -0.1) is 0 Å². The van der Waals surface area contributed by atoms with E-state index in [0.29, 0.717) is 40.8 Å². The number of amides is 1. The molecule has 2 heterocycles. The van der Waals surface area contributed by atoms with Gasteiger partial charge in [0.1, 0.15) is 10.6 Å². The van der Waals surface area contributed by atoms with Crippen molar-refractivity contribution in [3.63, 3.8) is 0 Å². The van der Waals surface area contributed by atoms with E-state index < -0.39 is 10.0 Å². The maximum atomic E-state index is 13.0. The first-order valence-corrected chi connectivity index (χ1v) is 10.6. The minimum absolute atomic E-state index is 0.103. The number of aryl methyl sites for hydroxylation is 2. The summed E-state index contributed by atoms with van der Waals surface area (Å²) in [6, 6.07) is 4.71. The fraction of sp³-hybridized carbons (Fsp3) is 0.412. The van der Waals surface area contributed by atoms with E-state index >= 15 is 0 Å². The smallest absolute Gasteiger partial charge is 0.253 e. The number of hydrogen-bond acceptors (Lipinski definition) is 5. The first kappa shape index (κ1) is 20.1. The molecule has 146 valence electrons. The number of benzene rings is 1. The average Bonchev–Trinajstić information content (AvgIpc) is 2.83. The molecule has 1 amide bonds. The molecule has 0 saturated carbocycles. The standard InChI is InChI=1S/C17H19Cl2N3O4S/c1-11-16(12(2)26-20-11)27(24,25)22-7-3-6-21(8-9-22)17(23)13-4-5-14(18)15(19)10-13/h4-5,10H,3,6-9H2,1-2H3. The van der Waals surface area contributed by atoms with Gasteiger partial charge in [0.15, 0.2) is 5.76 Å². The van der Waals surface area contributed by atoms with E-state index in [9.17, 15) is 13.2 Å². The van der Waals surface area contributed by atoms with Crippen LogP contribution in [0.1, 0.15) is 28.2 Å². The van der Waals surface area contributed by atoms with Crippen LogP contribution in [0.2, 0.25) is 10.0 Å². The lowest BCUT2D eigenvalue weighted by Crippen LogP contribution is -2.37. The Morgan fingerprint density at radius 3 is 2.48 bits per heavy atom. The van der Waals surface area contributed by atoms with Crippen molar-refractivity contribution >= 4 is 39.1 Å². The predicted molar refractivity (Wildman–Crippen MR) is 102 cm³/mol. The quantitative estimate of drug-likeness (QED) is 0.744. The second-order valence-corrected chi connectivity index (χ2v) is 9.02. The van der Waals surface area contributed by atoms with Gasteiger partial charge < -0.3 is 9.42 Å². The number of nitrogens with zero attached hydrogens (tertiary/aromatic N) is 3. The Bertz CT molecular complexity index is 955. The molecule has 0 N–H and O–H groups in total. The Morgan fingerprint density at radius 2 is 1.85 bits per heavy atom. The molecule has 10 heteroatoms. The average molecular weight is 432 g/mol. The van der Waals surface area contributed by atoms with Gasteiger partial charge in [0, 0.05) is 31.7 Å². The molecular formula is C17H19Cl2N3O4S. The molecule has 2 aromatic rings. The van der Waals surface area contributed by atoms with Gasteiger partial charge in [-0.05, 0) is 38.5 Å². The van der Waals surface area contributed by atoms with Gasteiger partial charge in [-0.2, -0.15) is 4.31 Å². The van der Waals surface area contributed by atoms with Crippen molar-refractivity contribution in [3.05, 3.63) is 45.3 Å². The summed E-state index contributed by atoms with van der Waals surface area (Å²) < 4.78 is 32.3. The fourth-order valence-corrected chi connectivity index (χ4v) is 5.18. The van der Waals surface area contributed by atoms with Crippen LogP contribution in [0.15, 0.2) is 27.6 Å². The van der Waals surface area contributed by atoms with Crippen LogP contribution in [0.5, 0.6) is 0 Å². The second-order valence-electron chi connectivity index (χ2n) is 6.33. The molecule has 1 fully saturated rings. The Labute approximate surface area is 167 Å². The van der Waals surface area contributed by atoms with E-state index in [4.69, 9.17) is 27.7 Å². The molecule has 1 aromatic heterocycles. The zero-order valence-corrected chi connectivity index (χ0v) is 17.2.